The summed E-state index contributed by atoms with van der Waals surface area (Å²) >= 11 is 0. The number of ether oxygens (including phenoxy) is 1. The fourth-order valence-corrected chi connectivity index (χ4v) is 2.07. The summed E-state index contributed by atoms with van der Waals surface area (Å²) in [5, 5.41) is 17.9. The molecule has 0 unspecified atom stereocenters. The van der Waals surface area contributed by atoms with Crippen LogP contribution in [-0.2, 0) is 21.4 Å². The van der Waals surface area contributed by atoms with Gasteiger partial charge in [0.1, 0.15) is 0 Å². The highest BCUT2D eigenvalue weighted by atomic mass is 32.2. The lowest BCUT2D eigenvalue weighted by atomic mass is 10.2. The lowest BCUT2D eigenvalue weighted by molar-refractivity contribution is -0.134. The van der Waals surface area contributed by atoms with Gasteiger partial charge in [0.2, 0.25) is 10.0 Å². The number of carboxylic acid groups (broad SMARTS) is 1. The number of aromatic hydroxyl groups is 1. The number of carboxylic acids is 1. The van der Waals surface area contributed by atoms with Gasteiger partial charge in [-0.05, 0) is 17.7 Å². The van der Waals surface area contributed by atoms with Gasteiger partial charge in [0, 0.05) is 6.54 Å². The average molecular weight is 275 g/mol. The number of methoxy groups -OCH3 is 1. The van der Waals surface area contributed by atoms with Crippen molar-refractivity contribution in [2.45, 2.75) is 6.54 Å². The summed E-state index contributed by atoms with van der Waals surface area (Å²) in [5.41, 5.74) is 0.488. The second kappa shape index (κ2) is 5.69. The van der Waals surface area contributed by atoms with E-state index in [1.54, 1.807) is 6.07 Å². The lowest BCUT2D eigenvalue weighted by Gasteiger charge is -2.07. The molecule has 1 aromatic rings. The van der Waals surface area contributed by atoms with Crippen LogP contribution in [0.15, 0.2) is 18.2 Å². The van der Waals surface area contributed by atoms with Gasteiger partial charge in [0.05, 0.1) is 7.11 Å². The van der Waals surface area contributed by atoms with Crippen LogP contribution in [0.1, 0.15) is 5.56 Å². The molecule has 0 radical (unpaired) electrons. The summed E-state index contributed by atoms with van der Waals surface area (Å²) in [6, 6.07) is 4.38. The smallest absolute Gasteiger partial charge is 0.320 e. The van der Waals surface area contributed by atoms with Crippen molar-refractivity contribution < 1.29 is 28.2 Å². The molecule has 0 aliphatic heterocycles. The Morgan fingerprint density at radius 1 is 1.44 bits per heavy atom. The molecule has 0 fully saturated rings. The number of sulfonamides is 1. The van der Waals surface area contributed by atoms with Crippen molar-refractivity contribution in [2.75, 3.05) is 12.9 Å². The normalized spacial score (nSPS) is 11.2. The molecule has 0 aromatic heterocycles. The Balaban J connectivity index is 2.69. The van der Waals surface area contributed by atoms with Gasteiger partial charge in [0.25, 0.3) is 0 Å². The first kappa shape index (κ1) is 14.3. The number of benzene rings is 1. The summed E-state index contributed by atoms with van der Waals surface area (Å²) in [5.74, 6) is -2.27. The first-order chi connectivity index (χ1) is 8.34. The first-order valence-corrected chi connectivity index (χ1v) is 6.54. The third-order valence-electron chi connectivity index (χ3n) is 2.05. The number of nitrogens with one attached hydrogen (secondary N) is 1. The molecule has 1 aromatic carbocycles. The maximum absolute atomic E-state index is 11.2. The predicted molar refractivity (Wildman–Crippen MR) is 62.9 cm³/mol. The molecule has 0 saturated carbocycles. The third-order valence-corrected chi connectivity index (χ3v) is 3.26. The van der Waals surface area contributed by atoms with Crippen LogP contribution < -0.4 is 9.46 Å². The van der Waals surface area contributed by atoms with Crippen molar-refractivity contribution >= 4 is 16.0 Å². The average Bonchev–Trinajstić information content (AvgIpc) is 2.25. The SMILES string of the molecule is COc1ccc(CNS(=O)(=O)CC(=O)O)cc1O. The van der Waals surface area contributed by atoms with Crippen LogP contribution >= 0.6 is 0 Å². The summed E-state index contributed by atoms with van der Waals surface area (Å²) in [7, 11) is -2.48. The Hall–Kier alpha value is -1.80. The predicted octanol–water partition coefficient (Wildman–Crippen LogP) is -0.0952. The van der Waals surface area contributed by atoms with Crippen LogP contribution in [0.4, 0.5) is 0 Å². The molecular formula is C10H13NO6S. The second-order valence-electron chi connectivity index (χ2n) is 3.48. The van der Waals surface area contributed by atoms with E-state index in [0.29, 0.717) is 5.56 Å². The zero-order valence-electron chi connectivity index (χ0n) is 9.58. The van der Waals surface area contributed by atoms with E-state index in [0.717, 1.165) is 0 Å². The number of rotatable bonds is 6. The molecule has 0 spiro atoms. The maximum atomic E-state index is 11.2. The minimum atomic E-state index is -3.87. The van der Waals surface area contributed by atoms with E-state index in [-0.39, 0.29) is 18.0 Å². The van der Waals surface area contributed by atoms with Crippen LogP contribution in [0.2, 0.25) is 0 Å². The molecule has 100 valence electrons. The minimum absolute atomic E-state index is 0.104. The molecule has 18 heavy (non-hydrogen) atoms. The van der Waals surface area contributed by atoms with Gasteiger partial charge in [-0.15, -0.1) is 0 Å². The fraction of sp³-hybridized carbons (Fsp3) is 0.300. The Bertz CT molecular complexity index is 539. The van der Waals surface area contributed by atoms with Gasteiger partial charge in [0.15, 0.2) is 17.3 Å². The summed E-state index contributed by atoms with van der Waals surface area (Å²) in [6.07, 6.45) is 0. The number of aliphatic carboxylic acids is 1. The Morgan fingerprint density at radius 2 is 2.11 bits per heavy atom. The molecule has 0 bridgehead atoms. The van der Waals surface area contributed by atoms with Crippen molar-refractivity contribution in [3.05, 3.63) is 23.8 Å². The largest absolute Gasteiger partial charge is 0.504 e. The van der Waals surface area contributed by atoms with Gasteiger partial charge < -0.3 is 14.9 Å². The topological polar surface area (TPSA) is 113 Å². The van der Waals surface area contributed by atoms with Crippen LogP contribution in [0.3, 0.4) is 0 Å². The quantitative estimate of drug-likeness (QED) is 0.668. The van der Waals surface area contributed by atoms with Gasteiger partial charge in [-0.3, -0.25) is 4.79 Å². The molecule has 0 aliphatic carbocycles. The van der Waals surface area contributed by atoms with Gasteiger partial charge in [-0.25, -0.2) is 13.1 Å². The number of phenols is 1. The molecule has 3 N–H and O–H groups in total. The first-order valence-electron chi connectivity index (χ1n) is 4.89. The van der Waals surface area contributed by atoms with Crippen molar-refractivity contribution in [1.29, 1.82) is 0 Å². The Kier molecular flexibility index (Phi) is 4.51. The van der Waals surface area contributed by atoms with E-state index in [2.05, 4.69) is 4.72 Å². The molecule has 7 nitrogen and oxygen atoms in total. The van der Waals surface area contributed by atoms with Crippen LogP contribution in [0.25, 0.3) is 0 Å². The summed E-state index contributed by atoms with van der Waals surface area (Å²) < 4.78 is 29.4. The van der Waals surface area contributed by atoms with E-state index >= 15 is 0 Å². The zero-order valence-corrected chi connectivity index (χ0v) is 10.4. The van der Waals surface area contributed by atoms with Gasteiger partial charge in [-0.2, -0.15) is 0 Å². The highest BCUT2D eigenvalue weighted by molar-refractivity contribution is 7.90. The maximum Gasteiger partial charge on any atom is 0.320 e. The minimum Gasteiger partial charge on any atom is -0.504 e. The molecule has 0 saturated heterocycles. The molecule has 1 rings (SSSR count). The van der Waals surface area contributed by atoms with E-state index < -0.39 is 21.7 Å². The lowest BCUT2D eigenvalue weighted by Crippen LogP contribution is -2.29. The van der Waals surface area contributed by atoms with Crippen LogP contribution in [0.5, 0.6) is 11.5 Å². The second-order valence-corrected chi connectivity index (χ2v) is 5.29. The fourth-order valence-electron chi connectivity index (χ4n) is 1.25. The van der Waals surface area contributed by atoms with Gasteiger partial charge >= 0.3 is 5.97 Å². The van der Waals surface area contributed by atoms with Gasteiger partial charge in [-0.1, -0.05) is 6.07 Å². The molecular weight excluding hydrogens is 262 g/mol. The van der Waals surface area contributed by atoms with E-state index in [4.69, 9.17) is 9.84 Å². The number of hydrogen-bond donors (Lipinski definition) is 3. The highest BCUT2D eigenvalue weighted by Crippen LogP contribution is 2.26. The number of phenolic OH excluding ortho intramolecular Hbond substituents is 1. The molecule has 0 atom stereocenters. The van der Waals surface area contributed by atoms with Crippen LogP contribution in [0, 0.1) is 0 Å². The standard InChI is InChI=1S/C10H13NO6S/c1-17-9-3-2-7(4-8(9)12)5-11-18(15,16)6-10(13)14/h2-4,11-12H,5-6H2,1H3,(H,13,14). The highest BCUT2D eigenvalue weighted by Gasteiger charge is 2.15. The Labute approximate surface area is 104 Å². The molecule has 0 amide bonds. The van der Waals surface area contributed by atoms with E-state index in [1.165, 1.54) is 19.2 Å². The molecule has 0 aliphatic rings. The Morgan fingerprint density at radius 3 is 2.61 bits per heavy atom. The number of carbonyl (C=O) groups is 1. The van der Waals surface area contributed by atoms with E-state index in [9.17, 15) is 18.3 Å². The molecule has 0 heterocycles. The van der Waals surface area contributed by atoms with Crippen molar-refractivity contribution in [3.8, 4) is 11.5 Å². The van der Waals surface area contributed by atoms with Crippen molar-refractivity contribution in [2.24, 2.45) is 0 Å². The summed E-state index contributed by atoms with van der Waals surface area (Å²) in [6.45, 7) is -0.104. The monoisotopic (exact) mass is 275 g/mol. The number of hydrogen-bond acceptors (Lipinski definition) is 5. The van der Waals surface area contributed by atoms with E-state index in [1.807, 2.05) is 0 Å². The van der Waals surface area contributed by atoms with Crippen molar-refractivity contribution in [1.82, 2.24) is 4.72 Å². The van der Waals surface area contributed by atoms with Crippen LogP contribution in [-0.4, -0.2) is 37.5 Å². The molecule has 8 heteroatoms. The van der Waals surface area contributed by atoms with Crippen molar-refractivity contribution in [3.63, 3.8) is 0 Å². The zero-order chi connectivity index (χ0) is 13.8. The third kappa shape index (κ3) is 4.22. The summed E-state index contributed by atoms with van der Waals surface area (Å²) in [4.78, 5) is 10.3.